The lowest BCUT2D eigenvalue weighted by Crippen LogP contribution is -2.49. The van der Waals surface area contributed by atoms with Crippen molar-refractivity contribution in [3.05, 3.63) is 23.8 Å². The summed E-state index contributed by atoms with van der Waals surface area (Å²) in [4.78, 5) is 20.8. The molecule has 6 nitrogen and oxygen atoms in total. The van der Waals surface area contributed by atoms with Crippen LogP contribution in [0.25, 0.3) is 11.0 Å². The summed E-state index contributed by atoms with van der Waals surface area (Å²) in [7, 11) is 0. The molecule has 23 heavy (non-hydrogen) atoms. The summed E-state index contributed by atoms with van der Waals surface area (Å²) in [5, 5.41) is 0. The molecule has 1 saturated heterocycles. The van der Waals surface area contributed by atoms with Gasteiger partial charge in [-0.2, -0.15) is 0 Å². The van der Waals surface area contributed by atoms with Crippen LogP contribution in [0.15, 0.2) is 18.2 Å². The van der Waals surface area contributed by atoms with Gasteiger partial charge < -0.3 is 19.1 Å². The van der Waals surface area contributed by atoms with Gasteiger partial charge in [0, 0.05) is 32.7 Å². The van der Waals surface area contributed by atoms with Gasteiger partial charge >= 0.3 is 6.09 Å². The lowest BCUT2D eigenvalue weighted by molar-refractivity contribution is 0.105. The number of rotatable bonds is 2. The normalized spacial score (nSPS) is 17.6. The summed E-state index contributed by atoms with van der Waals surface area (Å²) < 4.78 is 7.44. The Balaban J connectivity index is 1.57. The largest absolute Gasteiger partial charge is 0.450 e. The van der Waals surface area contributed by atoms with Crippen LogP contribution in [0.4, 0.5) is 10.7 Å². The van der Waals surface area contributed by atoms with Crippen LogP contribution in [0.3, 0.4) is 0 Å². The molecule has 0 N–H and O–H groups in total. The van der Waals surface area contributed by atoms with E-state index in [9.17, 15) is 4.79 Å². The number of aryl methyl sites for hydroxylation is 2. The predicted octanol–water partition coefficient (Wildman–Crippen LogP) is 2.26. The fourth-order valence-corrected chi connectivity index (χ4v) is 3.63. The van der Waals surface area contributed by atoms with Gasteiger partial charge in [-0.3, -0.25) is 0 Å². The molecular formula is C17H22N4O2. The predicted molar refractivity (Wildman–Crippen MR) is 88.9 cm³/mol. The number of ether oxygens (including phenoxy) is 1. The molecule has 122 valence electrons. The maximum atomic E-state index is 11.8. The van der Waals surface area contributed by atoms with Gasteiger partial charge in [-0.15, -0.1) is 0 Å². The maximum absolute atomic E-state index is 11.8. The highest BCUT2D eigenvalue weighted by atomic mass is 16.6. The Labute approximate surface area is 135 Å². The zero-order valence-electron chi connectivity index (χ0n) is 13.5. The Morgan fingerprint density at radius 3 is 2.83 bits per heavy atom. The molecule has 0 unspecified atom stereocenters. The number of anilines is 1. The Kier molecular flexibility index (Phi) is 3.59. The number of nitrogens with zero attached hydrogens (tertiary/aromatic N) is 4. The second-order valence-electron chi connectivity index (χ2n) is 6.12. The molecule has 6 heteroatoms. The highest BCUT2D eigenvalue weighted by Gasteiger charge is 2.26. The first kappa shape index (κ1) is 14.4. The first-order valence-electron chi connectivity index (χ1n) is 8.42. The number of benzene rings is 1. The number of para-hydroxylation sites is 1. The highest BCUT2D eigenvalue weighted by molar-refractivity contribution is 5.83. The van der Waals surface area contributed by atoms with Gasteiger partial charge in [0.15, 0.2) is 0 Å². The van der Waals surface area contributed by atoms with E-state index in [0.717, 1.165) is 43.9 Å². The third-order valence-electron chi connectivity index (χ3n) is 4.75. The van der Waals surface area contributed by atoms with E-state index in [1.54, 1.807) is 4.90 Å². The zero-order chi connectivity index (χ0) is 15.8. The summed E-state index contributed by atoms with van der Waals surface area (Å²) in [6, 6.07) is 6.41. The quantitative estimate of drug-likeness (QED) is 0.853. The van der Waals surface area contributed by atoms with Crippen molar-refractivity contribution in [1.29, 1.82) is 0 Å². The highest BCUT2D eigenvalue weighted by Crippen LogP contribution is 2.30. The van der Waals surface area contributed by atoms with Gasteiger partial charge in [0.1, 0.15) is 0 Å². The minimum atomic E-state index is -0.205. The minimum Gasteiger partial charge on any atom is -0.450 e. The van der Waals surface area contributed by atoms with Crippen LogP contribution < -0.4 is 4.90 Å². The first-order valence-corrected chi connectivity index (χ1v) is 8.42. The molecule has 0 aliphatic carbocycles. The number of hydrogen-bond donors (Lipinski definition) is 0. The van der Waals surface area contributed by atoms with Crippen molar-refractivity contribution in [3.8, 4) is 0 Å². The molecule has 2 aliphatic rings. The van der Waals surface area contributed by atoms with Gasteiger partial charge in [0.2, 0.25) is 5.95 Å². The summed E-state index contributed by atoms with van der Waals surface area (Å²) >= 11 is 0. The van der Waals surface area contributed by atoms with Crippen molar-refractivity contribution in [2.75, 3.05) is 37.7 Å². The molecule has 0 spiro atoms. The second kappa shape index (κ2) is 5.76. The Morgan fingerprint density at radius 2 is 2.04 bits per heavy atom. The van der Waals surface area contributed by atoms with Crippen LogP contribution in [-0.4, -0.2) is 53.3 Å². The summed E-state index contributed by atoms with van der Waals surface area (Å²) in [5.74, 6) is 1.05. The van der Waals surface area contributed by atoms with E-state index in [-0.39, 0.29) is 6.09 Å². The molecule has 1 aromatic heterocycles. The van der Waals surface area contributed by atoms with Gasteiger partial charge in [-0.05, 0) is 31.4 Å². The standard InChI is InChI=1S/C17H22N4O2/c1-2-23-17(22)20-11-9-19(10-12-20)16-18-14-7-3-5-13-6-4-8-21(16)15(13)14/h3,5,7H,2,4,6,8-12H2,1H3. The van der Waals surface area contributed by atoms with Gasteiger partial charge in [-0.25, -0.2) is 9.78 Å². The van der Waals surface area contributed by atoms with Crippen molar-refractivity contribution in [1.82, 2.24) is 14.5 Å². The zero-order valence-corrected chi connectivity index (χ0v) is 13.5. The van der Waals surface area contributed by atoms with Crippen LogP contribution in [0, 0.1) is 0 Å². The first-order chi connectivity index (χ1) is 11.3. The fraction of sp³-hybridized carbons (Fsp3) is 0.529. The van der Waals surface area contributed by atoms with E-state index < -0.39 is 0 Å². The Morgan fingerprint density at radius 1 is 1.22 bits per heavy atom. The van der Waals surface area contributed by atoms with Gasteiger partial charge in [0.25, 0.3) is 0 Å². The SMILES string of the molecule is CCOC(=O)N1CCN(c2nc3cccc4c3n2CCC4)CC1. The van der Waals surface area contributed by atoms with Gasteiger partial charge in [0.05, 0.1) is 17.6 Å². The monoisotopic (exact) mass is 314 g/mol. The second-order valence-corrected chi connectivity index (χ2v) is 6.12. The average Bonchev–Trinajstić information content (AvgIpc) is 2.97. The van der Waals surface area contributed by atoms with Gasteiger partial charge in [-0.1, -0.05) is 12.1 Å². The van der Waals surface area contributed by atoms with Crippen LogP contribution >= 0.6 is 0 Å². The lowest BCUT2D eigenvalue weighted by atomic mass is 10.0. The molecule has 0 bridgehead atoms. The molecule has 1 amide bonds. The topological polar surface area (TPSA) is 50.6 Å². The molecule has 1 aromatic carbocycles. The summed E-state index contributed by atoms with van der Waals surface area (Å²) in [5.41, 5.74) is 3.78. The number of amides is 1. The van der Waals surface area contributed by atoms with E-state index >= 15 is 0 Å². The number of aromatic nitrogens is 2. The van der Waals surface area contributed by atoms with Crippen LogP contribution in [-0.2, 0) is 17.7 Å². The maximum Gasteiger partial charge on any atom is 0.409 e. The molecule has 2 aromatic rings. The van der Waals surface area contributed by atoms with Crippen molar-refractivity contribution >= 4 is 23.1 Å². The number of imidazole rings is 1. The van der Waals surface area contributed by atoms with Crippen molar-refractivity contribution in [2.24, 2.45) is 0 Å². The molecule has 4 rings (SSSR count). The number of hydrogen-bond acceptors (Lipinski definition) is 4. The third kappa shape index (κ3) is 2.42. The average molecular weight is 314 g/mol. The van der Waals surface area contributed by atoms with Crippen molar-refractivity contribution in [3.63, 3.8) is 0 Å². The van der Waals surface area contributed by atoms with Crippen LogP contribution in [0.1, 0.15) is 18.9 Å². The van der Waals surface area contributed by atoms with Crippen LogP contribution in [0.2, 0.25) is 0 Å². The van der Waals surface area contributed by atoms with Crippen molar-refractivity contribution in [2.45, 2.75) is 26.3 Å². The molecule has 0 radical (unpaired) electrons. The Bertz CT molecular complexity index is 732. The molecule has 0 atom stereocenters. The van der Waals surface area contributed by atoms with Crippen LogP contribution in [0.5, 0.6) is 0 Å². The summed E-state index contributed by atoms with van der Waals surface area (Å²) in [6.45, 7) is 6.28. The summed E-state index contributed by atoms with van der Waals surface area (Å²) in [6.07, 6.45) is 2.10. The molecular weight excluding hydrogens is 292 g/mol. The molecule has 0 saturated carbocycles. The van der Waals surface area contributed by atoms with E-state index in [4.69, 9.17) is 9.72 Å². The van der Waals surface area contributed by atoms with E-state index in [2.05, 4.69) is 27.7 Å². The minimum absolute atomic E-state index is 0.205. The van der Waals surface area contributed by atoms with E-state index in [1.807, 2.05) is 6.92 Å². The molecule has 2 aliphatic heterocycles. The number of piperazine rings is 1. The molecule has 3 heterocycles. The Hall–Kier alpha value is -2.24. The lowest BCUT2D eigenvalue weighted by Gasteiger charge is -2.35. The fourth-order valence-electron chi connectivity index (χ4n) is 3.63. The number of carbonyl (C=O) groups excluding carboxylic acids is 1. The smallest absolute Gasteiger partial charge is 0.409 e. The van der Waals surface area contributed by atoms with E-state index in [0.29, 0.717) is 19.7 Å². The van der Waals surface area contributed by atoms with Crippen molar-refractivity contribution < 1.29 is 9.53 Å². The number of carbonyl (C=O) groups is 1. The van der Waals surface area contributed by atoms with E-state index in [1.165, 1.54) is 11.1 Å². The molecule has 1 fully saturated rings. The third-order valence-corrected chi connectivity index (χ3v) is 4.75.